The van der Waals surface area contributed by atoms with Crippen molar-refractivity contribution in [1.29, 1.82) is 0 Å². The molecule has 0 aliphatic carbocycles. The molecule has 0 saturated heterocycles. The van der Waals surface area contributed by atoms with Crippen LogP contribution in [0.3, 0.4) is 0 Å². The summed E-state index contributed by atoms with van der Waals surface area (Å²) in [6, 6.07) is 2.17. The molecule has 0 aromatic rings. The van der Waals surface area contributed by atoms with Gasteiger partial charge in [-0.3, -0.25) is 0 Å². The van der Waals surface area contributed by atoms with E-state index in [1.165, 1.54) is 64.2 Å². The van der Waals surface area contributed by atoms with Crippen LogP contribution in [0.1, 0.15) is 98.8 Å². The van der Waals surface area contributed by atoms with Gasteiger partial charge in [0.15, 0.2) is 0 Å². The Morgan fingerprint density at radius 3 is 1.78 bits per heavy atom. The van der Waals surface area contributed by atoms with Crippen LogP contribution >= 0.6 is 0 Å². The minimum absolute atomic E-state index is 0.664. The smallest absolute Gasteiger partial charge is 0.337 e. The zero-order valence-electron chi connectivity index (χ0n) is 16.8. The average molecular weight is 345 g/mol. The molecular formula is C20H44O2Si. The third kappa shape index (κ3) is 12.2. The summed E-state index contributed by atoms with van der Waals surface area (Å²) in [7, 11) is -1.92. The number of hydrogen-bond acceptors (Lipinski definition) is 2. The maximum atomic E-state index is 6.33. The van der Waals surface area contributed by atoms with Crippen molar-refractivity contribution in [2.24, 2.45) is 5.92 Å². The van der Waals surface area contributed by atoms with Gasteiger partial charge in [0.2, 0.25) is 0 Å². The van der Waals surface area contributed by atoms with Gasteiger partial charge in [-0.05, 0) is 30.8 Å². The fraction of sp³-hybridized carbons (Fsp3) is 1.00. The van der Waals surface area contributed by atoms with Gasteiger partial charge in [0, 0.05) is 13.2 Å². The average Bonchev–Trinajstić information content (AvgIpc) is 2.57. The molecule has 0 N–H and O–H groups in total. The van der Waals surface area contributed by atoms with E-state index in [0.29, 0.717) is 5.92 Å². The van der Waals surface area contributed by atoms with Crippen molar-refractivity contribution < 1.29 is 8.85 Å². The van der Waals surface area contributed by atoms with Crippen LogP contribution in [0.2, 0.25) is 12.1 Å². The summed E-state index contributed by atoms with van der Waals surface area (Å²) in [4.78, 5) is 0. The molecule has 3 heteroatoms. The van der Waals surface area contributed by atoms with Crippen LogP contribution in [0.5, 0.6) is 0 Å². The Hall–Kier alpha value is 0.137. The second-order valence-corrected chi connectivity index (χ2v) is 11.0. The van der Waals surface area contributed by atoms with Crippen molar-refractivity contribution in [3.63, 3.8) is 0 Å². The van der Waals surface area contributed by atoms with Gasteiger partial charge in [-0.15, -0.1) is 0 Å². The fourth-order valence-corrected chi connectivity index (χ4v) is 5.57. The topological polar surface area (TPSA) is 18.5 Å². The summed E-state index contributed by atoms with van der Waals surface area (Å²) < 4.78 is 12.6. The van der Waals surface area contributed by atoms with Gasteiger partial charge in [-0.25, -0.2) is 0 Å². The Kier molecular flexibility index (Phi) is 15.7. The molecule has 0 amide bonds. The van der Waals surface area contributed by atoms with Gasteiger partial charge in [-0.1, -0.05) is 86.0 Å². The number of hydrogen-bond donors (Lipinski definition) is 0. The zero-order valence-corrected chi connectivity index (χ0v) is 17.8. The molecule has 0 aliphatic heterocycles. The largest absolute Gasteiger partial charge is 0.394 e. The van der Waals surface area contributed by atoms with Crippen LogP contribution in [0, 0.1) is 5.92 Å². The predicted molar refractivity (Wildman–Crippen MR) is 105 cm³/mol. The zero-order chi connectivity index (χ0) is 17.4. The Morgan fingerprint density at radius 1 is 0.696 bits per heavy atom. The molecule has 2 nitrogen and oxygen atoms in total. The molecule has 0 radical (unpaired) electrons. The van der Waals surface area contributed by atoms with Crippen molar-refractivity contribution in [2.75, 3.05) is 13.2 Å². The fourth-order valence-electron chi connectivity index (χ4n) is 3.06. The van der Waals surface area contributed by atoms with E-state index in [9.17, 15) is 0 Å². The van der Waals surface area contributed by atoms with Gasteiger partial charge in [0.1, 0.15) is 0 Å². The van der Waals surface area contributed by atoms with Crippen molar-refractivity contribution in [3.8, 4) is 0 Å². The first-order chi connectivity index (χ1) is 11.1. The van der Waals surface area contributed by atoms with Gasteiger partial charge >= 0.3 is 8.56 Å². The molecule has 0 fully saturated rings. The minimum Gasteiger partial charge on any atom is -0.394 e. The summed E-state index contributed by atoms with van der Waals surface area (Å²) >= 11 is 0. The first-order valence-electron chi connectivity index (χ1n) is 10.4. The molecule has 0 saturated carbocycles. The SMILES string of the molecule is CCCCCCCCCCO[Si](CC)(CC)OCC(C)CCC. The first-order valence-corrected chi connectivity index (χ1v) is 12.6. The van der Waals surface area contributed by atoms with E-state index in [1.54, 1.807) is 0 Å². The van der Waals surface area contributed by atoms with Gasteiger partial charge < -0.3 is 8.85 Å². The molecule has 23 heavy (non-hydrogen) atoms. The van der Waals surface area contributed by atoms with E-state index in [4.69, 9.17) is 8.85 Å². The molecule has 140 valence electrons. The highest BCUT2D eigenvalue weighted by Gasteiger charge is 2.33. The van der Waals surface area contributed by atoms with E-state index >= 15 is 0 Å². The maximum Gasteiger partial charge on any atom is 0.337 e. The molecule has 0 aliphatic rings. The van der Waals surface area contributed by atoms with Crippen LogP contribution in [-0.2, 0) is 8.85 Å². The lowest BCUT2D eigenvalue weighted by Crippen LogP contribution is -2.42. The maximum absolute atomic E-state index is 6.33. The molecule has 0 heterocycles. The summed E-state index contributed by atoms with van der Waals surface area (Å²) in [6.07, 6.45) is 13.4. The molecule has 0 spiro atoms. The lowest BCUT2D eigenvalue weighted by atomic mass is 10.1. The quantitative estimate of drug-likeness (QED) is 0.207. The molecular weight excluding hydrogens is 300 g/mol. The highest BCUT2D eigenvalue weighted by Crippen LogP contribution is 2.21. The number of unbranched alkanes of at least 4 members (excludes halogenated alkanes) is 7. The summed E-state index contributed by atoms with van der Waals surface area (Å²) in [6.45, 7) is 13.1. The van der Waals surface area contributed by atoms with E-state index in [0.717, 1.165) is 25.3 Å². The molecule has 1 atom stereocenters. The van der Waals surface area contributed by atoms with Crippen molar-refractivity contribution in [3.05, 3.63) is 0 Å². The molecule has 0 aromatic heterocycles. The van der Waals surface area contributed by atoms with Crippen LogP contribution < -0.4 is 0 Å². The summed E-state index contributed by atoms with van der Waals surface area (Å²) in [5, 5.41) is 0. The lowest BCUT2D eigenvalue weighted by Gasteiger charge is -2.30. The second-order valence-electron chi connectivity index (χ2n) is 7.15. The first kappa shape index (κ1) is 23.1. The number of rotatable bonds is 17. The molecule has 1 unspecified atom stereocenters. The Morgan fingerprint density at radius 2 is 1.26 bits per heavy atom. The standard InChI is InChI=1S/C20H44O2Si/c1-6-10-11-12-13-14-15-16-18-21-23(8-3,9-4)22-19-20(5)17-7-2/h20H,6-19H2,1-5H3. The Bertz CT molecular complexity index is 242. The molecule has 0 rings (SSSR count). The summed E-state index contributed by atoms with van der Waals surface area (Å²) in [5.74, 6) is 0.664. The second kappa shape index (κ2) is 15.7. The van der Waals surface area contributed by atoms with Gasteiger partial charge in [-0.2, -0.15) is 0 Å². The van der Waals surface area contributed by atoms with Crippen LogP contribution in [0.4, 0.5) is 0 Å². The Labute approximate surface area is 148 Å². The monoisotopic (exact) mass is 344 g/mol. The van der Waals surface area contributed by atoms with Crippen molar-refractivity contribution in [1.82, 2.24) is 0 Å². The van der Waals surface area contributed by atoms with E-state index in [2.05, 4.69) is 34.6 Å². The Balaban J connectivity index is 3.81. The van der Waals surface area contributed by atoms with E-state index in [1.807, 2.05) is 0 Å². The van der Waals surface area contributed by atoms with E-state index in [-0.39, 0.29) is 0 Å². The van der Waals surface area contributed by atoms with Gasteiger partial charge in [0.25, 0.3) is 0 Å². The van der Waals surface area contributed by atoms with Crippen LogP contribution in [0.15, 0.2) is 0 Å². The summed E-state index contributed by atoms with van der Waals surface area (Å²) in [5.41, 5.74) is 0. The highest BCUT2D eigenvalue weighted by molar-refractivity contribution is 6.67. The van der Waals surface area contributed by atoms with E-state index < -0.39 is 8.56 Å². The third-order valence-electron chi connectivity index (χ3n) is 4.85. The predicted octanol–water partition coefficient (Wildman–Crippen LogP) is 7.08. The van der Waals surface area contributed by atoms with Crippen molar-refractivity contribution >= 4 is 8.56 Å². The normalized spacial score (nSPS) is 13.4. The highest BCUT2D eigenvalue weighted by atomic mass is 28.4. The van der Waals surface area contributed by atoms with Crippen LogP contribution in [0.25, 0.3) is 0 Å². The molecule has 0 bridgehead atoms. The van der Waals surface area contributed by atoms with Crippen LogP contribution in [-0.4, -0.2) is 21.8 Å². The minimum atomic E-state index is -1.92. The van der Waals surface area contributed by atoms with Crippen molar-refractivity contribution in [2.45, 2.75) is 111 Å². The lowest BCUT2D eigenvalue weighted by molar-refractivity contribution is 0.144. The van der Waals surface area contributed by atoms with Gasteiger partial charge in [0.05, 0.1) is 0 Å². The molecule has 0 aromatic carbocycles. The third-order valence-corrected chi connectivity index (χ3v) is 8.43.